The van der Waals surface area contributed by atoms with Crippen molar-refractivity contribution in [2.75, 3.05) is 39.5 Å². The third kappa shape index (κ3) is 11.8. The summed E-state index contributed by atoms with van der Waals surface area (Å²) in [7, 11) is 0. The van der Waals surface area contributed by atoms with Gasteiger partial charge in [0.2, 0.25) is 0 Å². The van der Waals surface area contributed by atoms with Crippen LogP contribution in [0.15, 0.2) is 24.3 Å². The Labute approximate surface area is 209 Å². The summed E-state index contributed by atoms with van der Waals surface area (Å²) in [5.74, 6) is -0.310. The van der Waals surface area contributed by atoms with Crippen LogP contribution in [0.2, 0.25) is 0 Å². The van der Waals surface area contributed by atoms with E-state index in [1.165, 1.54) is 6.42 Å². The molecule has 0 aromatic heterocycles. The fourth-order valence-electron chi connectivity index (χ4n) is 4.05. The first-order chi connectivity index (χ1) is 17.0. The number of aliphatic carboxylic acids is 1. The molecule has 1 amide bonds. The van der Waals surface area contributed by atoms with Crippen molar-refractivity contribution < 1.29 is 33.6 Å². The summed E-state index contributed by atoms with van der Waals surface area (Å²) >= 11 is 0. The minimum atomic E-state index is -0.971. The second kappa shape index (κ2) is 17.2. The molecule has 1 atom stereocenters. The minimum Gasteiger partial charge on any atom is -0.492 e. The molecule has 1 saturated carbocycles. The van der Waals surface area contributed by atoms with E-state index >= 15 is 0 Å². The molecule has 1 aliphatic rings. The minimum absolute atomic E-state index is 0.00371. The zero-order chi connectivity index (χ0) is 25.3. The van der Waals surface area contributed by atoms with Crippen molar-refractivity contribution in [3.8, 4) is 5.75 Å². The van der Waals surface area contributed by atoms with Crippen molar-refractivity contribution in [2.45, 2.75) is 83.8 Å². The number of carbonyl (C=O) groups excluding carboxylic acids is 1. The maximum Gasteiger partial charge on any atom is 0.410 e. The molecule has 35 heavy (non-hydrogen) atoms. The van der Waals surface area contributed by atoms with E-state index in [1.807, 2.05) is 24.3 Å². The number of nitrogens with zero attached hydrogens (tertiary/aromatic N) is 1. The smallest absolute Gasteiger partial charge is 0.410 e. The van der Waals surface area contributed by atoms with Gasteiger partial charge in [0.15, 0.2) is 6.10 Å². The Morgan fingerprint density at radius 2 is 1.71 bits per heavy atom. The van der Waals surface area contributed by atoms with Crippen LogP contribution >= 0.6 is 0 Å². The summed E-state index contributed by atoms with van der Waals surface area (Å²) in [4.78, 5) is 25.8. The van der Waals surface area contributed by atoms with Crippen molar-refractivity contribution >= 4 is 12.1 Å². The molecular weight excluding hydrogens is 450 g/mol. The highest BCUT2D eigenvalue weighted by atomic mass is 16.6. The largest absolute Gasteiger partial charge is 0.492 e. The third-order valence-electron chi connectivity index (χ3n) is 6.09. The Hall–Kier alpha value is -2.32. The first kappa shape index (κ1) is 28.9. The highest BCUT2D eigenvalue weighted by molar-refractivity contribution is 5.72. The van der Waals surface area contributed by atoms with Gasteiger partial charge in [-0.05, 0) is 56.7 Å². The first-order valence-corrected chi connectivity index (χ1v) is 13.1. The fourth-order valence-corrected chi connectivity index (χ4v) is 4.05. The number of carboxylic acids is 1. The first-order valence-electron chi connectivity index (χ1n) is 13.1. The average molecular weight is 494 g/mol. The Bertz CT molecular complexity index is 719. The van der Waals surface area contributed by atoms with E-state index in [1.54, 1.807) is 11.8 Å². The van der Waals surface area contributed by atoms with E-state index in [4.69, 9.17) is 18.9 Å². The van der Waals surface area contributed by atoms with Gasteiger partial charge in [-0.25, -0.2) is 9.59 Å². The van der Waals surface area contributed by atoms with Crippen LogP contribution < -0.4 is 4.74 Å². The summed E-state index contributed by atoms with van der Waals surface area (Å²) in [6, 6.07) is 7.29. The van der Waals surface area contributed by atoms with Crippen molar-refractivity contribution in [2.24, 2.45) is 0 Å². The van der Waals surface area contributed by atoms with Crippen LogP contribution in [0, 0.1) is 0 Å². The molecule has 8 nitrogen and oxygen atoms in total. The number of hydrogen-bond donors (Lipinski definition) is 1. The molecule has 1 aliphatic carbocycles. The molecule has 0 saturated heterocycles. The van der Waals surface area contributed by atoms with Gasteiger partial charge in [-0.2, -0.15) is 0 Å². The summed E-state index contributed by atoms with van der Waals surface area (Å²) in [6.45, 7) is 6.65. The number of carbonyl (C=O) groups is 2. The lowest BCUT2D eigenvalue weighted by Gasteiger charge is -2.27. The molecule has 0 bridgehead atoms. The molecule has 1 fully saturated rings. The van der Waals surface area contributed by atoms with Gasteiger partial charge in [0.25, 0.3) is 0 Å². The number of benzene rings is 1. The monoisotopic (exact) mass is 493 g/mol. The molecule has 0 radical (unpaired) electrons. The quantitative estimate of drug-likeness (QED) is 0.303. The highest BCUT2D eigenvalue weighted by Gasteiger charge is 2.22. The number of rotatable bonds is 17. The lowest BCUT2D eigenvalue weighted by molar-refractivity contribution is -0.149. The van der Waals surface area contributed by atoms with Crippen LogP contribution in [0.5, 0.6) is 5.75 Å². The Morgan fingerprint density at radius 1 is 1.00 bits per heavy atom. The molecule has 1 N–H and O–H groups in total. The number of ether oxygens (including phenoxy) is 4. The van der Waals surface area contributed by atoms with Crippen LogP contribution in [-0.2, 0) is 25.4 Å². The molecule has 1 unspecified atom stereocenters. The highest BCUT2D eigenvalue weighted by Crippen LogP contribution is 2.21. The van der Waals surface area contributed by atoms with Crippen molar-refractivity contribution in [3.05, 3.63) is 29.8 Å². The van der Waals surface area contributed by atoms with E-state index in [-0.39, 0.29) is 12.2 Å². The topological polar surface area (TPSA) is 94.5 Å². The molecule has 0 aliphatic heterocycles. The summed E-state index contributed by atoms with van der Waals surface area (Å²) in [5.41, 5.74) is 0.858. The average Bonchev–Trinajstić information content (AvgIpc) is 2.86. The van der Waals surface area contributed by atoms with Gasteiger partial charge in [-0.1, -0.05) is 38.3 Å². The lowest BCUT2D eigenvalue weighted by atomic mass is 9.98. The van der Waals surface area contributed by atoms with Gasteiger partial charge >= 0.3 is 12.1 Å². The predicted molar refractivity (Wildman–Crippen MR) is 134 cm³/mol. The molecule has 1 aromatic carbocycles. The standard InChI is InChI=1S/C27H43NO7/c1-3-5-9-18-32-19-16-28(27(31)35-24-10-7-6-8-11-24)17-20-34-23-14-12-22(13-15-23)21-25(26(29)30)33-4-2/h12-15,24-25H,3-11,16-21H2,1-2H3,(H,29,30). The van der Waals surface area contributed by atoms with E-state index in [2.05, 4.69) is 6.92 Å². The molecule has 2 rings (SSSR count). The lowest BCUT2D eigenvalue weighted by Crippen LogP contribution is -2.39. The second-order valence-electron chi connectivity index (χ2n) is 8.93. The van der Waals surface area contributed by atoms with Crippen molar-refractivity contribution in [1.29, 1.82) is 0 Å². The van der Waals surface area contributed by atoms with Gasteiger partial charge in [0.1, 0.15) is 18.5 Å². The van der Waals surface area contributed by atoms with Gasteiger partial charge in [0, 0.05) is 26.2 Å². The number of unbranched alkanes of at least 4 members (excludes halogenated alkanes) is 2. The van der Waals surface area contributed by atoms with Crippen LogP contribution in [0.25, 0.3) is 0 Å². The van der Waals surface area contributed by atoms with Crippen LogP contribution in [0.1, 0.15) is 70.8 Å². The predicted octanol–water partition coefficient (Wildman–Crippen LogP) is 5.08. The third-order valence-corrected chi connectivity index (χ3v) is 6.09. The second-order valence-corrected chi connectivity index (χ2v) is 8.93. The van der Waals surface area contributed by atoms with Crippen LogP contribution in [-0.4, -0.2) is 73.8 Å². The number of hydrogen-bond acceptors (Lipinski definition) is 6. The van der Waals surface area contributed by atoms with Gasteiger partial charge in [0.05, 0.1) is 13.2 Å². The summed E-state index contributed by atoms with van der Waals surface area (Å²) in [6.07, 6.45) is 7.74. The molecule has 0 spiro atoms. The molecule has 1 aromatic rings. The van der Waals surface area contributed by atoms with E-state index in [9.17, 15) is 14.7 Å². The number of carboxylic acid groups (broad SMARTS) is 1. The zero-order valence-corrected chi connectivity index (χ0v) is 21.4. The van der Waals surface area contributed by atoms with E-state index in [0.717, 1.165) is 50.5 Å². The van der Waals surface area contributed by atoms with Crippen molar-refractivity contribution in [1.82, 2.24) is 4.90 Å². The van der Waals surface area contributed by atoms with Crippen molar-refractivity contribution in [3.63, 3.8) is 0 Å². The summed E-state index contributed by atoms with van der Waals surface area (Å²) < 4.78 is 22.6. The molecule has 8 heteroatoms. The Kier molecular flexibility index (Phi) is 14.2. The van der Waals surface area contributed by atoms with Crippen LogP contribution in [0.3, 0.4) is 0 Å². The van der Waals surface area contributed by atoms with E-state index < -0.39 is 12.1 Å². The molecular formula is C27H43NO7. The maximum absolute atomic E-state index is 12.8. The summed E-state index contributed by atoms with van der Waals surface area (Å²) in [5, 5.41) is 9.25. The maximum atomic E-state index is 12.8. The molecule has 0 heterocycles. The SMILES string of the molecule is CCCCCOCCN(CCOc1ccc(CC(OCC)C(=O)O)cc1)C(=O)OC1CCCCC1. The number of amides is 1. The van der Waals surface area contributed by atoms with Crippen LogP contribution in [0.4, 0.5) is 4.79 Å². The van der Waals surface area contributed by atoms with Gasteiger partial charge in [-0.3, -0.25) is 0 Å². The fraction of sp³-hybridized carbons (Fsp3) is 0.704. The van der Waals surface area contributed by atoms with Gasteiger partial charge < -0.3 is 29.0 Å². The zero-order valence-electron chi connectivity index (χ0n) is 21.4. The Balaban J connectivity index is 1.82. The van der Waals surface area contributed by atoms with E-state index in [0.29, 0.717) is 51.7 Å². The molecule has 198 valence electrons. The van der Waals surface area contributed by atoms with Gasteiger partial charge in [-0.15, -0.1) is 0 Å². The Morgan fingerprint density at radius 3 is 2.37 bits per heavy atom. The normalized spacial score (nSPS) is 14.9.